The maximum absolute atomic E-state index is 13.8. The molecule has 1 N–H and O–H groups in total. The van der Waals surface area contributed by atoms with E-state index in [0.717, 1.165) is 11.4 Å². The quantitative estimate of drug-likeness (QED) is 0.742. The third kappa shape index (κ3) is 3.17. The van der Waals surface area contributed by atoms with Gasteiger partial charge in [0.2, 0.25) is 0 Å². The van der Waals surface area contributed by atoms with Gasteiger partial charge in [0.05, 0.1) is 28.8 Å². The van der Waals surface area contributed by atoms with Crippen LogP contribution in [-0.4, -0.2) is 15.7 Å². The van der Waals surface area contributed by atoms with E-state index >= 15 is 0 Å². The Hall–Kier alpha value is -2.47. The zero-order valence-corrected chi connectivity index (χ0v) is 13.8. The average molecular weight is 374 g/mol. The molecule has 116 valence electrons. The zero-order valence-electron chi connectivity index (χ0n) is 12.3. The first-order valence-electron chi connectivity index (χ1n) is 6.92. The monoisotopic (exact) mass is 373 g/mol. The molecule has 0 atom stereocenters. The van der Waals surface area contributed by atoms with Crippen molar-refractivity contribution in [3.8, 4) is 5.69 Å². The number of carbonyl (C=O) groups excluding carboxylic acids is 1. The maximum atomic E-state index is 13.8. The fourth-order valence-electron chi connectivity index (χ4n) is 2.22. The summed E-state index contributed by atoms with van der Waals surface area (Å²) in [7, 11) is 0. The van der Waals surface area contributed by atoms with E-state index in [4.69, 9.17) is 0 Å². The summed E-state index contributed by atoms with van der Waals surface area (Å²) < 4.78 is 16.1. The molecule has 1 aromatic heterocycles. The third-order valence-electron chi connectivity index (χ3n) is 3.43. The fraction of sp³-hybridized carbons (Fsp3) is 0.0588. The Balaban J connectivity index is 1.88. The summed E-state index contributed by atoms with van der Waals surface area (Å²) in [6.07, 6.45) is 1.55. The maximum Gasteiger partial charge on any atom is 0.258 e. The second kappa shape index (κ2) is 6.34. The van der Waals surface area contributed by atoms with E-state index in [-0.39, 0.29) is 5.56 Å². The molecule has 4 nitrogen and oxygen atoms in total. The van der Waals surface area contributed by atoms with E-state index in [9.17, 15) is 9.18 Å². The molecule has 1 amide bonds. The van der Waals surface area contributed by atoms with Crippen LogP contribution >= 0.6 is 15.9 Å². The topological polar surface area (TPSA) is 46.9 Å². The fourth-order valence-corrected chi connectivity index (χ4v) is 2.58. The number of benzene rings is 2. The molecule has 0 fully saturated rings. The van der Waals surface area contributed by atoms with Crippen LogP contribution in [0.15, 0.2) is 59.2 Å². The normalized spacial score (nSPS) is 10.6. The number of aromatic nitrogens is 2. The number of para-hydroxylation sites is 1. The van der Waals surface area contributed by atoms with Crippen molar-refractivity contribution in [2.24, 2.45) is 0 Å². The number of rotatable bonds is 3. The predicted molar refractivity (Wildman–Crippen MR) is 90.4 cm³/mol. The number of halogens is 2. The van der Waals surface area contributed by atoms with Crippen molar-refractivity contribution in [3.63, 3.8) is 0 Å². The van der Waals surface area contributed by atoms with E-state index < -0.39 is 11.7 Å². The van der Waals surface area contributed by atoms with Crippen LogP contribution in [0.3, 0.4) is 0 Å². The van der Waals surface area contributed by atoms with Crippen LogP contribution in [0.25, 0.3) is 5.69 Å². The van der Waals surface area contributed by atoms with Gasteiger partial charge in [0.15, 0.2) is 0 Å². The molecule has 0 radical (unpaired) electrons. The summed E-state index contributed by atoms with van der Waals surface area (Å²) in [4.78, 5) is 12.3. The summed E-state index contributed by atoms with van der Waals surface area (Å²) in [5, 5.41) is 6.97. The van der Waals surface area contributed by atoms with Crippen LogP contribution in [0.5, 0.6) is 0 Å². The van der Waals surface area contributed by atoms with E-state index in [1.807, 2.05) is 37.3 Å². The molecule has 0 unspecified atom stereocenters. The first-order valence-corrected chi connectivity index (χ1v) is 7.72. The van der Waals surface area contributed by atoms with Crippen molar-refractivity contribution in [3.05, 3.63) is 76.3 Å². The van der Waals surface area contributed by atoms with Crippen LogP contribution < -0.4 is 5.32 Å². The second-order valence-electron chi connectivity index (χ2n) is 4.97. The second-order valence-corrected chi connectivity index (χ2v) is 5.88. The van der Waals surface area contributed by atoms with Crippen molar-refractivity contribution in [2.75, 3.05) is 5.32 Å². The van der Waals surface area contributed by atoms with Gasteiger partial charge in [-0.25, -0.2) is 9.07 Å². The summed E-state index contributed by atoms with van der Waals surface area (Å²) in [6.45, 7) is 1.84. The van der Waals surface area contributed by atoms with Crippen LogP contribution in [0, 0.1) is 12.7 Å². The lowest BCUT2D eigenvalue weighted by molar-refractivity contribution is 0.102. The number of nitrogens with zero attached hydrogens (tertiary/aromatic N) is 2. The summed E-state index contributed by atoms with van der Waals surface area (Å²) >= 11 is 3.24. The smallest absolute Gasteiger partial charge is 0.258 e. The molecule has 0 saturated heterocycles. The zero-order chi connectivity index (χ0) is 16.4. The molecule has 2 aromatic carbocycles. The number of carbonyl (C=O) groups is 1. The van der Waals surface area contributed by atoms with Gasteiger partial charge in [-0.15, -0.1) is 0 Å². The van der Waals surface area contributed by atoms with E-state index in [0.29, 0.717) is 10.2 Å². The molecule has 3 aromatic rings. The Morgan fingerprint density at radius 2 is 1.96 bits per heavy atom. The Kier molecular flexibility index (Phi) is 4.25. The highest BCUT2D eigenvalue weighted by Crippen LogP contribution is 2.21. The molecule has 0 saturated carbocycles. The molecular formula is C17H13BrFN3O. The van der Waals surface area contributed by atoms with Gasteiger partial charge in [0.1, 0.15) is 5.82 Å². The first kappa shape index (κ1) is 15.4. The summed E-state index contributed by atoms with van der Waals surface area (Å²) in [5.74, 6) is -1.08. The average Bonchev–Trinajstić information content (AvgIpc) is 2.91. The molecule has 3 rings (SSSR count). The summed E-state index contributed by atoms with van der Waals surface area (Å²) in [5.41, 5.74) is 2.17. The van der Waals surface area contributed by atoms with Crippen molar-refractivity contribution < 1.29 is 9.18 Å². The molecule has 1 heterocycles. The lowest BCUT2D eigenvalue weighted by Gasteiger charge is -2.07. The van der Waals surface area contributed by atoms with Crippen molar-refractivity contribution in [2.45, 2.75) is 6.92 Å². The van der Waals surface area contributed by atoms with Gasteiger partial charge < -0.3 is 5.32 Å². The number of hydrogen-bond acceptors (Lipinski definition) is 2. The SMILES string of the molecule is Cc1c(NC(=O)c2cc(Br)ccc2F)cnn1-c1ccccc1. The Bertz CT molecular complexity index is 862. The van der Waals surface area contributed by atoms with Crippen LogP contribution in [0.1, 0.15) is 16.1 Å². The number of nitrogens with one attached hydrogen (secondary N) is 1. The third-order valence-corrected chi connectivity index (χ3v) is 3.93. The lowest BCUT2D eigenvalue weighted by atomic mass is 10.2. The highest BCUT2D eigenvalue weighted by molar-refractivity contribution is 9.10. The molecule has 0 aliphatic carbocycles. The van der Waals surface area contributed by atoms with E-state index in [2.05, 4.69) is 26.3 Å². The van der Waals surface area contributed by atoms with Crippen LogP contribution in [0.2, 0.25) is 0 Å². The minimum absolute atomic E-state index is 0.0220. The van der Waals surface area contributed by atoms with E-state index in [1.165, 1.54) is 12.1 Å². The molecule has 23 heavy (non-hydrogen) atoms. The highest BCUT2D eigenvalue weighted by Gasteiger charge is 2.15. The number of hydrogen-bond donors (Lipinski definition) is 1. The highest BCUT2D eigenvalue weighted by atomic mass is 79.9. The number of anilines is 1. The lowest BCUT2D eigenvalue weighted by Crippen LogP contribution is -2.14. The van der Waals surface area contributed by atoms with Crippen molar-refractivity contribution in [1.82, 2.24) is 9.78 Å². The van der Waals surface area contributed by atoms with Crippen molar-refractivity contribution in [1.29, 1.82) is 0 Å². The van der Waals surface area contributed by atoms with Gasteiger partial charge in [-0.2, -0.15) is 5.10 Å². The minimum atomic E-state index is -0.571. The van der Waals surface area contributed by atoms with E-state index in [1.54, 1.807) is 16.9 Å². The van der Waals surface area contributed by atoms with Gasteiger partial charge in [0, 0.05) is 4.47 Å². The van der Waals surface area contributed by atoms with Gasteiger partial charge in [-0.1, -0.05) is 34.1 Å². The van der Waals surface area contributed by atoms with Gasteiger partial charge in [0.25, 0.3) is 5.91 Å². The number of amides is 1. The molecule has 0 aliphatic heterocycles. The Labute approximate surface area is 141 Å². The predicted octanol–water partition coefficient (Wildman–Crippen LogP) is 4.33. The van der Waals surface area contributed by atoms with Crippen LogP contribution in [0.4, 0.5) is 10.1 Å². The largest absolute Gasteiger partial charge is 0.319 e. The van der Waals surface area contributed by atoms with Gasteiger partial charge in [-0.3, -0.25) is 4.79 Å². The molecule has 0 bridgehead atoms. The Morgan fingerprint density at radius 3 is 2.70 bits per heavy atom. The van der Waals surface area contributed by atoms with Gasteiger partial charge >= 0.3 is 0 Å². The Morgan fingerprint density at radius 1 is 1.22 bits per heavy atom. The van der Waals surface area contributed by atoms with Crippen molar-refractivity contribution >= 4 is 27.5 Å². The molecule has 0 spiro atoms. The molecule has 0 aliphatic rings. The molecular weight excluding hydrogens is 361 g/mol. The standard InChI is InChI=1S/C17H13BrFN3O/c1-11-16(10-20-22(11)13-5-3-2-4-6-13)21-17(23)14-9-12(18)7-8-15(14)19/h2-10H,1H3,(H,21,23). The van der Waals surface area contributed by atoms with Gasteiger partial charge in [-0.05, 0) is 37.3 Å². The molecule has 6 heteroatoms. The minimum Gasteiger partial charge on any atom is -0.319 e. The summed E-state index contributed by atoms with van der Waals surface area (Å²) in [6, 6.07) is 13.8. The first-order chi connectivity index (χ1) is 11.1. The van der Waals surface area contributed by atoms with Crippen LogP contribution in [-0.2, 0) is 0 Å².